The summed E-state index contributed by atoms with van der Waals surface area (Å²) in [5, 5.41) is 5.09. The van der Waals surface area contributed by atoms with Crippen LogP contribution >= 0.6 is 0 Å². The molecule has 2 aliphatic rings. The predicted octanol–water partition coefficient (Wildman–Crippen LogP) is 36.5. The van der Waals surface area contributed by atoms with Gasteiger partial charge in [-0.1, -0.05) is 438 Å². The lowest BCUT2D eigenvalue weighted by molar-refractivity contribution is 0.660. The molecule has 2 aliphatic carbocycles. The molecule has 2 heterocycles. The average Bonchev–Trinajstić information content (AvgIpc) is 1.53. The summed E-state index contributed by atoms with van der Waals surface area (Å²) in [6, 6.07) is 200. The highest BCUT2D eigenvalue weighted by molar-refractivity contribution is 6.11. The van der Waals surface area contributed by atoms with Crippen LogP contribution in [0.15, 0.2) is 546 Å². The van der Waals surface area contributed by atoms with E-state index in [0.717, 1.165) is 62.2 Å². The van der Waals surface area contributed by atoms with Gasteiger partial charge < -0.3 is 18.9 Å². The number of nitrogens with zero attached hydrogens (tertiary/aromatic N) is 4. The van der Waals surface area contributed by atoms with Crippen LogP contribution in [0.4, 0.5) is 34.1 Å². The molecule has 0 fully saturated rings. The highest BCUT2D eigenvalue weighted by Gasteiger charge is 2.47. The standard InChI is InChI=1S/C73H50N2.C63H46N2/c1-4-19-51(20-5-1)56-21-18-22-57(49-56)63-27-11-15-32-70(63)74(62-47-48-65-64-28-10-14-31-68(64)73(69(65)50-62,58-23-6-2-7-24-58)59-25-8-3-9-26-59)60-43-39-54(40-44-60)52-35-37-53(38-36-52)55-41-45-61(46-42-55)75-71-33-16-12-29-66(71)67-30-13-17-34-72(67)75;1-63(2)58-23-10-6-20-54(58)55-40-39-52(42-59(55)63)64(60-24-11-7-19-53(60)49-18-14-17-48(41-49)43-15-4-3-5-16-43)50-35-31-46(32-36-50)44-27-29-45(30-28-44)47-33-37-51(38-34-47)65-61-25-12-8-21-56(61)57-22-9-13-26-62(57)65/h1-50H;3-42H,1-2H3. The van der Waals surface area contributed by atoms with Crippen LogP contribution in [-0.4, -0.2) is 9.13 Å². The monoisotopic (exact) mass is 1780 g/mol. The fourth-order valence-electron chi connectivity index (χ4n) is 22.4. The van der Waals surface area contributed by atoms with Crippen molar-refractivity contribution in [3.8, 4) is 123 Å². The topological polar surface area (TPSA) is 16.3 Å². The molecule has 0 saturated heterocycles. The molecule has 2 aromatic heterocycles. The first kappa shape index (κ1) is 83.8. The molecule has 4 heteroatoms. The third kappa shape index (κ3) is 14.7. The smallest absolute Gasteiger partial charge is 0.0714 e. The molecule has 0 radical (unpaired) electrons. The summed E-state index contributed by atoms with van der Waals surface area (Å²) in [6.07, 6.45) is 0. The van der Waals surface area contributed by atoms with Crippen LogP contribution in [0.3, 0.4) is 0 Å². The minimum Gasteiger partial charge on any atom is -0.310 e. The van der Waals surface area contributed by atoms with Crippen LogP contribution in [0.25, 0.3) is 166 Å². The average molecular weight is 1790 g/mol. The Bertz CT molecular complexity index is 8610. The first-order valence-electron chi connectivity index (χ1n) is 48.5. The zero-order valence-electron chi connectivity index (χ0n) is 77.8. The second-order valence-electron chi connectivity index (χ2n) is 37.3. The number of hydrogen-bond acceptors (Lipinski definition) is 2. The minimum absolute atomic E-state index is 0.123. The predicted molar refractivity (Wildman–Crippen MR) is 589 cm³/mol. The van der Waals surface area contributed by atoms with E-state index in [1.165, 1.54) is 172 Å². The van der Waals surface area contributed by atoms with Gasteiger partial charge in [0.25, 0.3) is 0 Å². The molecule has 0 amide bonds. The number of aromatic nitrogens is 2. The van der Waals surface area contributed by atoms with Crippen molar-refractivity contribution < 1.29 is 0 Å². The first-order chi connectivity index (χ1) is 69.2. The molecule has 0 N–H and O–H groups in total. The molecule has 0 spiro atoms. The fourth-order valence-corrected chi connectivity index (χ4v) is 22.4. The zero-order valence-corrected chi connectivity index (χ0v) is 77.8. The Morgan fingerprint density at radius 2 is 0.421 bits per heavy atom. The lowest BCUT2D eigenvalue weighted by Gasteiger charge is -2.35. The van der Waals surface area contributed by atoms with Crippen molar-refractivity contribution in [2.24, 2.45) is 0 Å². The molecule has 0 aliphatic heterocycles. The maximum absolute atomic E-state index is 2.47. The number of fused-ring (bicyclic) bond motifs is 12. The lowest BCUT2D eigenvalue weighted by atomic mass is 9.67. The highest BCUT2D eigenvalue weighted by Crippen LogP contribution is 2.59. The van der Waals surface area contributed by atoms with Gasteiger partial charge in [-0.15, -0.1) is 0 Å². The van der Waals surface area contributed by atoms with Gasteiger partial charge in [0.1, 0.15) is 0 Å². The molecule has 660 valence electrons. The Labute approximate surface area is 817 Å². The Hall–Kier alpha value is -18.0. The second-order valence-corrected chi connectivity index (χ2v) is 37.3. The van der Waals surface area contributed by atoms with E-state index in [1.54, 1.807) is 0 Å². The van der Waals surface area contributed by atoms with Crippen molar-refractivity contribution in [3.63, 3.8) is 0 Å². The summed E-state index contributed by atoms with van der Waals surface area (Å²) in [6.45, 7) is 4.72. The van der Waals surface area contributed by atoms with Gasteiger partial charge in [0.05, 0.1) is 38.9 Å². The van der Waals surface area contributed by atoms with Gasteiger partial charge in [-0.05, 0) is 255 Å². The van der Waals surface area contributed by atoms with E-state index in [4.69, 9.17) is 0 Å². The van der Waals surface area contributed by atoms with E-state index in [9.17, 15) is 0 Å². The summed E-state index contributed by atoms with van der Waals surface area (Å²) < 4.78 is 4.74. The maximum Gasteiger partial charge on any atom is 0.0714 e. The van der Waals surface area contributed by atoms with E-state index in [2.05, 4.69) is 579 Å². The summed E-state index contributed by atoms with van der Waals surface area (Å²) in [5.41, 5.74) is 45.0. The van der Waals surface area contributed by atoms with Crippen molar-refractivity contribution in [1.82, 2.24) is 9.13 Å². The summed E-state index contributed by atoms with van der Waals surface area (Å²) in [5.74, 6) is 0. The third-order valence-electron chi connectivity index (χ3n) is 29.1. The summed E-state index contributed by atoms with van der Waals surface area (Å²) >= 11 is 0. The van der Waals surface area contributed by atoms with Crippen molar-refractivity contribution >= 4 is 77.7 Å². The van der Waals surface area contributed by atoms with E-state index in [0.29, 0.717) is 0 Å². The van der Waals surface area contributed by atoms with Crippen molar-refractivity contribution in [3.05, 3.63) is 579 Å². The van der Waals surface area contributed by atoms with Crippen molar-refractivity contribution in [2.75, 3.05) is 9.80 Å². The molecule has 24 aromatic rings. The number of hydrogen-bond donors (Lipinski definition) is 0. The largest absolute Gasteiger partial charge is 0.310 e. The van der Waals surface area contributed by atoms with Gasteiger partial charge in [0.15, 0.2) is 0 Å². The normalized spacial score (nSPS) is 12.5. The van der Waals surface area contributed by atoms with Crippen LogP contribution in [-0.2, 0) is 10.8 Å². The molecule has 22 aromatic carbocycles. The van der Waals surface area contributed by atoms with Gasteiger partial charge in [0.2, 0.25) is 0 Å². The fraction of sp³-hybridized carbons (Fsp3) is 0.0294. The van der Waals surface area contributed by atoms with E-state index >= 15 is 0 Å². The van der Waals surface area contributed by atoms with Gasteiger partial charge >= 0.3 is 0 Å². The Morgan fingerprint density at radius 3 is 0.807 bits per heavy atom. The minimum atomic E-state index is -0.538. The van der Waals surface area contributed by atoms with E-state index in [1.807, 2.05) is 0 Å². The quantitative estimate of drug-likeness (QED) is 0.0851. The molecule has 26 rings (SSSR count). The first-order valence-corrected chi connectivity index (χ1v) is 48.5. The highest BCUT2D eigenvalue weighted by atomic mass is 15.2. The molecular formula is C136H96N4. The SMILES string of the molecule is CC1(C)c2ccccc2-c2ccc(N(c3ccc(-c4ccc(-c5ccc(-n6c7ccccc7c7ccccc76)cc5)cc4)cc3)c3ccccc3-c3cccc(-c4ccccc4)c3)cc21.c1ccc(-c2cccc(-c3ccccc3N(c3ccc(-c4ccc(-c5ccc(-n6c7ccccc7c7ccccc76)cc5)cc4)cc3)c3ccc4c(c3)C(c3ccccc3)(c3ccccc3)c3ccccc3-4)c2)cc1. The van der Waals surface area contributed by atoms with Gasteiger partial charge in [0, 0.05) is 72.2 Å². The Balaban J connectivity index is 0.000000149. The molecule has 140 heavy (non-hydrogen) atoms. The van der Waals surface area contributed by atoms with Gasteiger partial charge in [-0.2, -0.15) is 0 Å². The van der Waals surface area contributed by atoms with Crippen molar-refractivity contribution in [1.29, 1.82) is 0 Å². The molecule has 0 saturated carbocycles. The van der Waals surface area contributed by atoms with Gasteiger partial charge in [-0.3, -0.25) is 0 Å². The van der Waals surface area contributed by atoms with Crippen LogP contribution in [0.1, 0.15) is 47.2 Å². The lowest BCUT2D eigenvalue weighted by Crippen LogP contribution is -2.28. The Kier molecular flexibility index (Phi) is 21.2. The molecule has 0 bridgehead atoms. The van der Waals surface area contributed by atoms with Crippen molar-refractivity contribution in [2.45, 2.75) is 24.7 Å². The maximum atomic E-state index is 2.47. The third-order valence-corrected chi connectivity index (χ3v) is 29.1. The van der Waals surface area contributed by atoms with E-state index < -0.39 is 5.41 Å². The molecular weight excluding hydrogens is 1690 g/mol. The van der Waals surface area contributed by atoms with Crippen LogP contribution < -0.4 is 9.80 Å². The second kappa shape index (κ2) is 35.4. The summed E-state index contributed by atoms with van der Waals surface area (Å²) in [4.78, 5) is 4.91. The van der Waals surface area contributed by atoms with Crippen LogP contribution in [0, 0.1) is 0 Å². The van der Waals surface area contributed by atoms with Crippen LogP contribution in [0.5, 0.6) is 0 Å². The molecule has 0 unspecified atom stereocenters. The van der Waals surface area contributed by atoms with Gasteiger partial charge in [-0.25, -0.2) is 0 Å². The number of rotatable bonds is 18. The zero-order chi connectivity index (χ0) is 93.2. The Morgan fingerprint density at radius 1 is 0.164 bits per heavy atom. The molecule has 4 nitrogen and oxygen atoms in total. The summed E-state index contributed by atoms with van der Waals surface area (Å²) in [7, 11) is 0. The van der Waals surface area contributed by atoms with Crippen LogP contribution in [0.2, 0.25) is 0 Å². The molecule has 0 atom stereocenters. The number of para-hydroxylation sites is 6. The van der Waals surface area contributed by atoms with E-state index in [-0.39, 0.29) is 5.41 Å². The number of anilines is 6. The number of benzene rings is 22.